The highest BCUT2D eigenvalue weighted by molar-refractivity contribution is 5.78. The Bertz CT molecular complexity index is 815. The summed E-state index contributed by atoms with van der Waals surface area (Å²) in [5.74, 6) is -0.220. The van der Waals surface area contributed by atoms with E-state index in [-0.39, 0.29) is 18.4 Å². The predicted octanol–water partition coefficient (Wildman–Crippen LogP) is 1.19. The van der Waals surface area contributed by atoms with Gasteiger partial charge < -0.3 is 15.7 Å². The molecule has 2 amide bonds. The quantitative estimate of drug-likeness (QED) is 0.654. The molecule has 2 atom stereocenters. The zero-order chi connectivity index (χ0) is 20.7. The number of aliphatic hydroxyl groups is 1. The maximum Gasteiger partial charge on any atom is 0.234 e. The van der Waals surface area contributed by atoms with Gasteiger partial charge in [0.1, 0.15) is 0 Å². The average molecular weight is 396 g/mol. The van der Waals surface area contributed by atoms with Gasteiger partial charge in [0.15, 0.2) is 0 Å². The highest BCUT2D eigenvalue weighted by Gasteiger charge is 2.44. The first kappa shape index (κ1) is 21.0. The first-order valence-corrected chi connectivity index (χ1v) is 9.97. The van der Waals surface area contributed by atoms with Crippen molar-refractivity contribution in [2.75, 3.05) is 19.6 Å². The fraction of sp³-hybridized carbons (Fsp3) is 0.409. The van der Waals surface area contributed by atoms with Gasteiger partial charge in [-0.1, -0.05) is 43.3 Å². The number of nitrogens with one attached hydrogen (secondary N) is 2. The number of aromatic nitrogens is 1. The minimum absolute atomic E-state index is 0.102. The van der Waals surface area contributed by atoms with E-state index in [0.717, 1.165) is 11.3 Å². The van der Waals surface area contributed by atoms with Crippen molar-refractivity contribution in [1.82, 2.24) is 20.5 Å². The number of hydrogen-bond donors (Lipinski definition) is 3. The molecular weight excluding hydrogens is 368 g/mol. The molecule has 0 radical (unpaired) electrons. The Morgan fingerprint density at radius 1 is 1.17 bits per heavy atom. The highest BCUT2D eigenvalue weighted by Crippen LogP contribution is 2.33. The van der Waals surface area contributed by atoms with Crippen LogP contribution in [0, 0.1) is 0 Å². The lowest BCUT2D eigenvalue weighted by atomic mass is 9.78. The lowest BCUT2D eigenvalue weighted by Crippen LogP contribution is -2.62. The van der Waals surface area contributed by atoms with Gasteiger partial charge in [0, 0.05) is 25.7 Å². The number of β-amino-alcohol motifs (C(OH)–C–C–N with tert-alkyl or cyclic N) is 1. The molecule has 1 aromatic carbocycles. The molecule has 3 N–H and O–H groups in total. The van der Waals surface area contributed by atoms with Crippen molar-refractivity contribution < 1.29 is 14.7 Å². The molecule has 0 unspecified atom stereocenters. The van der Waals surface area contributed by atoms with Crippen molar-refractivity contribution in [3.8, 4) is 0 Å². The topological polar surface area (TPSA) is 94.6 Å². The minimum atomic E-state index is -0.838. The fourth-order valence-corrected chi connectivity index (χ4v) is 3.71. The van der Waals surface area contributed by atoms with Gasteiger partial charge in [-0.3, -0.25) is 19.5 Å². The van der Waals surface area contributed by atoms with E-state index in [1.165, 1.54) is 0 Å². The highest BCUT2D eigenvalue weighted by atomic mass is 16.3. The Morgan fingerprint density at radius 2 is 1.93 bits per heavy atom. The summed E-state index contributed by atoms with van der Waals surface area (Å²) in [7, 11) is 0. The molecule has 7 nitrogen and oxygen atoms in total. The molecule has 1 aromatic heterocycles. The number of aliphatic hydroxyl groups excluding tert-OH is 1. The van der Waals surface area contributed by atoms with E-state index < -0.39 is 11.6 Å². The smallest absolute Gasteiger partial charge is 0.234 e. The van der Waals surface area contributed by atoms with Crippen molar-refractivity contribution in [1.29, 1.82) is 0 Å². The standard InChI is InChI=1S/C22H28N4O3/c1-2-20(28)25-22(17-8-4-3-5-9-17)11-13-26(15-19(22)27)16-21(29)24-14-18-10-6-7-12-23-18/h3-10,12,19,27H,2,11,13-16H2,1H3,(H,24,29)(H,25,28)/t19-,22-/m1/s1. The number of benzene rings is 1. The SMILES string of the molecule is CCC(=O)N[C@@]1(c2ccccc2)CCN(CC(=O)NCc2ccccn2)C[C@H]1O. The van der Waals surface area contributed by atoms with E-state index in [2.05, 4.69) is 15.6 Å². The van der Waals surface area contributed by atoms with Crippen LogP contribution in [0.1, 0.15) is 31.0 Å². The van der Waals surface area contributed by atoms with Gasteiger partial charge in [0.2, 0.25) is 11.8 Å². The van der Waals surface area contributed by atoms with Crippen LogP contribution in [0.5, 0.6) is 0 Å². The Labute approximate surface area is 171 Å². The van der Waals surface area contributed by atoms with E-state index in [4.69, 9.17) is 0 Å². The molecule has 0 aliphatic carbocycles. The third-order valence-corrected chi connectivity index (χ3v) is 5.35. The first-order chi connectivity index (χ1) is 14.0. The number of piperidine rings is 1. The molecule has 0 spiro atoms. The van der Waals surface area contributed by atoms with Crippen LogP contribution in [0.15, 0.2) is 54.7 Å². The van der Waals surface area contributed by atoms with Gasteiger partial charge in [0.25, 0.3) is 0 Å². The summed E-state index contributed by atoms with van der Waals surface area (Å²) in [6.45, 7) is 3.25. The van der Waals surface area contributed by atoms with Crippen LogP contribution in [0.4, 0.5) is 0 Å². The summed E-state index contributed by atoms with van der Waals surface area (Å²) in [5, 5.41) is 16.9. The van der Waals surface area contributed by atoms with Crippen LogP contribution in [-0.2, 0) is 21.7 Å². The van der Waals surface area contributed by atoms with Crippen molar-refractivity contribution in [2.45, 2.75) is 38.0 Å². The second kappa shape index (κ2) is 9.62. The van der Waals surface area contributed by atoms with E-state index >= 15 is 0 Å². The first-order valence-electron chi connectivity index (χ1n) is 9.97. The Hall–Kier alpha value is -2.77. The molecule has 3 rings (SSSR count). The lowest BCUT2D eigenvalue weighted by Gasteiger charge is -2.46. The van der Waals surface area contributed by atoms with Crippen molar-refractivity contribution in [3.05, 3.63) is 66.0 Å². The van der Waals surface area contributed by atoms with Crippen LogP contribution in [-0.4, -0.2) is 52.5 Å². The molecule has 154 valence electrons. The summed E-state index contributed by atoms with van der Waals surface area (Å²) < 4.78 is 0. The molecule has 1 aliphatic heterocycles. The number of pyridine rings is 1. The normalized spacial score (nSPS) is 22.1. The second-order valence-electron chi connectivity index (χ2n) is 7.34. The molecule has 1 aliphatic rings. The van der Waals surface area contributed by atoms with E-state index in [1.807, 2.05) is 53.4 Å². The Kier molecular flexibility index (Phi) is 6.95. The third kappa shape index (κ3) is 5.19. The number of rotatable bonds is 7. The van der Waals surface area contributed by atoms with Crippen LogP contribution in [0.25, 0.3) is 0 Å². The number of carbonyl (C=O) groups is 2. The zero-order valence-electron chi connectivity index (χ0n) is 16.7. The van der Waals surface area contributed by atoms with Gasteiger partial charge in [-0.15, -0.1) is 0 Å². The average Bonchev–Trinajstić information content (AvgIpc) is 2.75. The zero-order valence-corrected chi connectivity index (χ0v) is 16.7. The maximum absolute atomic E-state index is 12.3. The fourth-order valence-electron chi connectivity index (χ4n) is 3.71. The summed E-state index contributed by atoms with van der Waals surface area (Å²) in [4.78, 5) is 30.6. The van der Waals surface area contributed by atoms with Gasteiger partial charge in [-0.25, -0.2) is 0 Å². The molecular formula is C22H28N4O3. The number of carbonyl (C=O) groups excluding carboxylic acids is 2. The molecule has 0 bridgehead atoms. The lowest BCUT2D eigenvalue weighted by molar-refractivity contribution is -0.129. The molecule has 7 heteroatoms. The van der Waals surface area contributed by atoms with Gasteiger partial charge in [0.05, 0.1) is 30.4 Å². The molecule has 1 fully saturated rings. The van der Waals surface area contributed by atoms with Crippen molar-refractivity contribution >= 4 is 11.8 Å². The number of nitrogens with zero attached hydrogens (tertiary/aromatic N) is 2. The number of amides is 2. The number of likely N-dealkylation sites (tertiary alicyclic amines) is 1. The van der Waals surface area contributed by atoms with Gasteiger partial charge >= 0.3 is 0 Å². The van der Waals surface area contributed by atoms with Crippen LogP contribution in [0.3, 0.4) is 0 Å². The molecule has 0 saturated carbocycles. The Balaban J connectivity index is 1.62. The van der Waals surface area contributed by atoms with Crippen molar-refractivity contribution in [3.63, 3.8) is 0 Å². The molecule has 2 aromatic rings. The van der Waals surface area contributed by atoms with Crippen LogP contribution in [0.2, 0.25) is 0 Å². The summed E-state index contributed by atoms with van der Waals surface area (Å²) in [6, 6.07) is 15.1. The predicted molar refractivity (Wildman–Crippen MR) is 110 cm³/mol. The van der Waals surface area contributed by atoms with E-state index in [0.29, 0.717) is 32.5 Å². The second-order valence-corrected chi connectivity index (χ2v) is 7.34. The summed E-state index contributed by atoms with van der Waals surface area (Å²) in [5.41, 5.74) is 0.841. The monoisotopic (exact) mass is 396 g/mol. The molecule has 2 heterocycles. The third-order valence-electron chi connectivity index (χ3n) is 5.35. The molecule has 1 saturated heterocycles. The van der Waals surface area contributed by atoms with Crippen molar-refractivity contribution in [2.24, 2.45) is 0 Å². The van der Waals surface area contributed by atoms with Gasteiger partial charge in [-0.2, -0.15) is 0 Å². The van der Waals surface area contributed by atoms with Crippen LogP contribution >= 0.6 is 0 Å². The largest absolute Gasteiger partial charge is 0.389 e. The summed E-state index contributed by atoms with van der Waals surface area (Å²) >= 11 is 0. The summed E-state index contributed by atoms with van der Waals surface area (Å²) in [6.07, 6.45) is 1.74. The maximum atomic E-state index is 12.3. The van der Waals surface area contributed by atoms with Gasteiger partial charge in [-0.05, 0) is 24.1 Å². The van der Waals surface area contributed by atoms with E-state index in [9.17, 15) is 14.7 Å². The Morgan fingerprint density at radius 3 is 2.59 bits per heavy atom. The van der Waals surface area contributed by atoms with E-state index in [1.54, 1.807) is 13.1 Å². The number of hydrogen-bond acceptors (Lipinski definition) is 5. The minimum Gasteiger partial charge on any atom is -0.389 e. The molecule has 29 heavy (non-hydrogen) atoms. The van der Waals surface area contributed by atoms with Crippen LogP contribution < -0.4 is 10.6 Å².